The van der Waals surface area contributed by atoms with Crippen LogP contribution in [0, 0.1) is 11.8 Å². The van der Waals surface area contributed by atoms with Gasteiger partial charge in [-0.2, -0.15) is 4.98 Å². The van der Waals surface area contributed by atoms with E-state index in [-0.39, 0.29) is 12.0 Å². The van der Waals surface area contributed by atoms with E-state index in [0.29, 0.717) is 50.4 Å². The fourth-order valence-corrected chi connectivity index (χ4v) is 6.75. The van der Waals surface area contributed by atoms with Crippen molar-refractivity contribution < 1.29 is 24.1 Å². The molecular formula is C42H45N3O5. The number of rotatable bonds is 10. The van der Waals surface area contributed by atoms with Crippen molar-refractivity contribution in [2.75, 3.05) is 13.1 Å². The Morgan fingerprint density at radius 3 is 2.28 bits per heavy atom. The Balaban J connectivity index is 1.18. The van der Waals surface area contributed by atoms with Crippen molar-refractivity contribution in [2.45, 2.75) is 70.9 Å². The number of benzene rings is 3. The third kappa shape index (κ3) is 7.92. The Hall–Kier alpha value is -4.95. The standard InChI is InChI=1S/C42H45N3O5/c1-41(2,3)50-40(46)45-21-20-42(47,35(26-45)22-29-14-15-29)34-16-18-37-32(24-34)23-33(25-43-37)36-17-19-38(48-27-30-10-6-4-7-11-30)44-39(36)49-28-31-12-8-5-9-13-31/h4-13,16-19,23-25,29,35,47H,14-15,20-22,26-28H2,1-3H3. The van der Waals surface area contributed by atoms with Crippen LogP contribution in [0.5, 0.6) is 11.8 Å². The van der Waals surface area contributed by atoms with Crippen LogP contribution in [0.1, 0.15) is 63.1 Å². The normalized spacial score (nSPS) is 19.3. The molecule has 8 heteroatoms. The average Bonchev–Trinajstić information content (AvgIpc) is 3.95. The second-order valence-corrected chi connectivity index (χ2v) is 14.7. The van der Waals surface area contributed by atoms with Crippen molar-refractivity contribution in [2.24, 2.45) is 11.8 Å². The number of carbonyl (C=O) groups is 1. The number of likely N-dealkylation sites (tertiary alicyclic amines) is 1. The molecule has 7 rings (SSSR count). The van der Waals surface area contributed by atoms with Crippen LogP contribution in [-0.2, 0) is 23.6 Å². The molecule has 2 unspecified atom stereocenters. The number of carbonyl (C=O) groups excluding carboxylic acids is 1. The maximum absolute atomic E-state index is 13.0. The average molecular weight is 672 g/mol. The first kappa shape index (κ1) is 33.5. The molecule has 50 heavy (non-hydrogen) atoms. The SMILES string of the molecule is CC(C)(C)OC(=O)N1CCC(O)(c2ccc3ncc(-c4ccc(OCc5ccccc5)nc4OCc4ccccc4)cc3c2)C(CC2CC2)C1. The predicted octanol–water partition coefficient (Wildman–Crippen LogP) is 8.70. The minimum absolute atomic E-state index is 0.101. The van der Waals surface area contributed by atoms with Gasteiger partial charge in [0, 0.05) is 47.8 Å². The van der Waals surface area contributed by atoms with Gasteiger partial charge in [-0.25, -0.2) is 4.79 Å². The maximum Gasteiger partial charge on any atom is 0.410 e. The monoisotopic (exact) mass is 671 g/mol. The molecule has 0 radical (unpaired) electrons. The summed E-state index contributed by atoms with van der Waals surface area (Å²) in [6.07, 6.45) is 5.17. The third-order valence-electron chi connectivity index (χ3n) is 9.62. The number of nitrogens with zero attached hydrogens (tertiary/aromatic N) is 3. The number of ether oxygens (including phenoxy) is 3. The molecule has 2 atom stereocenters. The lowest BCUT2D eigenvalue weighted by atomic mass is 9.73. The Bertz CT molecular complexity index is 1940. The molecule has 0 bridgehead atoms. The molecule has 0 spiro atoms. The minimum Gasteiger partial charge on any atom is -0.473 e. The zero-order chi connectivity index (χ0) is 34.7. The summed E-state index contributed by atoms with van der Waals surface area (Å²) in [6, 6.07) is 31.9. The van der Waals surface area contributed by atoms with Crippen LogP contribution in [0.2, 0.25) is 0 Å². The second-order valence-electron chi connectivity index (χ2n) is 14.7. The molecule has 2 fully saturated rings. The van der Waals surface area contributed by atoms with Gasteiger partial charge in [0.25, 0.3) is 0 Å². The van der Waals surface area contributed by atoms with Gasteiger partial charge >= 0.3 is 6.09 Å². The second kappa shape index (κ2) is 14.1. The van der Waals surface area contributed by atoms with E-state index in [9.17, 15) is 9.90 Å². The highest BCUT2D eigenvalue weighted by Gasteiger charge is 2.46. The van der Waals surface area contributed by atoms with Crippen molar-refractivity contribution in [1.29, 1.82) is 0 Å². The summed E-state index contributed by atoms with van der Waals surface area (Å²) in [6.45, 7) is 7.28. The van der Waals surface area contributed by atoms with Crippen molar-refractivity contribution in [3.05, 3.63) is 120 Å². The van der Waals surface area contributed by atoms with Crippen LogP contribution < -0.4 is 9.47 Å². The molecule has 1 aliphatic carbocycles. The molecule has 3 heterocycles. The lowest BCUT2D eigenvalue weighted by Gasteiger charge is -2.45. The summed E-state index contributed by atoms with van der Waals surface area (Å²) in [7, 11) is 0. The minimum atomic E-state index is -1.07. The van der Waals surface area contributed by atoms with Gasteiger partial charge in [-0.3, -0.25) is 4.98 Å². The fraction of sp³-hybridized carbons (Fsp3) is 0.357. The highest BCUT2D eigenvalue weighted by Crippen LogP contribution is 2.46. The number of aliphatic hydroxyl groups is 1. The summed E-state index contributed by atoms with van der Waals surface area (Å²) < 4.78 is 18.1. The van der Waals surface area contributed by atoms with Gasteiger partial charge in [0.15, 0.2) is 0 Å². The smallest absolute Gasteiger partial charge is 0.410 e. The predicted molar refractivity (Wildman–Crippen MR) is 194 cm³/mol. The first-order valence-corrected chi connectivity index (χ1v) is 17.6. The molecule has 1 amide bonds. The molecule has 1 saturated carbocycles. The van der Waals surface area contributed by atoms with Crippen molar-refractivity contribution in [1.82, 2.24) is 14.9 Å². The highest BCUT2D eigenvalue weighted by atomic mass is 16.6. The van der Waals surface area contributed by atoms with E-state index in [1.807, 2.05) is 112 Å². The van der Waals surface area contributed by atoms with Crippen LogP contribution in [-0.4, -0.2) is 44.8 Å². The van der Waals surface area contributed by atoms with Crippen LogP contribution >= 0.6 is 0 Å². The van der Waals surface area contributed by atoms with E-state index in [1.54, 1.807) is 4.90 Å². The van der Waals surface area contributed by atoms with E-state index in [1.165, 1.54) is 12.8 Å². The van der Waals surface area contributed by atoms with E-state index >= 15 is 0 Å². The van der Waals surface area contributed by atoms with Crippen molar-refractivity contribution in [3.63, 3.8) is 0 Å². The molecule has 1 aliphatic heterocycles. The van der Waals surface area contributed by atoms with Gasteiger partial charge in [0.1, 0.15) is 18.8 Å². The van der Waals surface area contributed by atoms with E-state index < -0.39 is 11.2 Å². The van der Waals surface area contributed by atoms with E-state index in [2.05, 4.69) is 12.1 Å². The summed E-state index contributed by atoms with van der Waals surface area (Å²) in [5.41, 5.74) is 3.76. The summed E-state index contributed by atoms with van der Waals surface area (Å²) in [5, 5.41) is 13.3. The summed E-state index contributed by atoms with van der Waals surface area (Å²) >= 11 is 0. The lowest BCUT2D eigenvalue weighted by Crippen LogP contribution is -2.52. The zero-order valence-electron chi connectivity index (χ0n) is 29.0. The van der Waals surface area contributed by atoms with Gasteiger partial charge in [0.2, 0.25) is 11.8 Å². The molecule has 8 nitrogen and oxygen atoms in total. The number of amides is 1. The maximum atomic E-state index is 13.0. The number of piperidine rings is 1. The topological polar surface area (TPSA) is 94.0 Å². The first-order chi connectivity index (χ1) is 24.1. The zero-order valence-corrected chi connectivity index (χ0v) is 29.0. The molecule has 3 aromatic carbocycles. The van der Waals surface area contributed by atoms with Crippen LogP contribution in [0.25, 0.3) is 22.0 Å². The van der Waals surface area contributed by atoms with Crippen LogP contribution in [0.15, 0.2) is 103 Å². The Labute approximate surface area is 294 Å². The molecule has 1 N–H and O–H groups in total. The lowest BCUT2D eigenvalue weighted by molar-refractivity contribution is -0.0837. The molecular weight excluding hydrogens is 626 g/mol. The molecule has 258 valence electrons. The Morgan fingerprint density at radius 2 is 1.60 bits per heavy atom. The fourth-order valence-electron chi connectivity index (χ4n) is 6.75. The first-order valence-electron chi connectivity index (χ1n) is 17.6. The molecule has 2 aliphatic rings. The van der Waals surface area contributed by atoms with E-state index in [4.69, 9.17) is 24.2 Å². The van der Waals surface area contributed by atoms with Gasteiger partial charge in [-0.1, -0.05) is 79.6 Å². The molecule has 1 saturated heterocycles. The van der Waals surface area contributed by atoms with Crippen LogP contribution in [0.3, 0.4) is 0 Å². The number of pyridine rings is 2. The molecule has 5 aromatic rings. The summed E-state index contributed by atoms with van der Waals surface area (Å²) in [5.74, 6) is 1.41. The third-order valence-corrected chi connectivity index (χ3v) is 9.62. The van der Waals surface area contributed by atoms with Crippen LogP contribution in [0.4, 0.5) is 4.79 Å². The van der Waals surface area contributed by atoms with E-state index in [0.717, 1.165) is 45.1 Å². The highest BCUT2D eigenvalue weighted by molar-refractivity contribution is 5.85. The van der Waals surface area contributed by atoms with Crippen molar-refractivity contribution >= 4 is 17.0 Å². The largest absolute Gasteiger partial charge is 0.473 e. The quantitative estimate of drug-likeness (QED) is 0.159. The van der Waals surface area contributed by atoms with Gasteiger partial charge < -0.3 is 24.2 Å². The number of hydrogen-bond donors (Lipinski definition) is 1. The number of hydrogen-bond acceptors (Lipinski definition) is 7. The Kier molecular flexibility index (Phi) is 9.47. The molecule has 2 aromatic heterocycles. The number of aromatic nitrogens is 2. The number of fused-ring (bicyclic) bond motifs is 1. The Morgan fingerprint density at radius 1 is 0.900 bits per heavy atom. The van der Waals surface area contributed by atoms with Gasteiger partial charge in [-0.05, 0) is 80.5 Å². The van der Waals surface area contributed by atoms with Crippen molar-refractivity contribution in [3.8, 4) is 22.9 Å². The summed E-state index contributed by atoms with van der Waals surface area (Å²) in [4.78, 5) is 24.4. The van der Waals surface area contributed by atoms with Gasteiger partial charge in [-0.15, -0.1) is 0 Å². The van der Waals surface area contributed by atoms with Gasteiger partial charge in [0.05, 0.1) is 11.1 Å².